The van der Waals surface area contributed by atoms with Crippen molar-refractivity contribution in [2.24, 2.45) is 0 Å². The van der Waals surface area contributed by atoms with Crippen molar-refractivity contribution in [1.82, 2.24) is 0 Å². The van der Waals surface area contributed by atoms with Crippen molar-refractivity contribution >= 4 is 28.6 Å². The monoisotopic (exact) mass is 279 g/mol. The summed E-state index contributed by atoms with van der Waals surface area (Å²) in [6.45, 7) is 3.16. The van der Waals surface area contributed by atoms with Crippen LogP contribution in [-0.2, 0) is 12.3 Å². The molecule has 0 radical (unpaired) electrons. The first-order valence-corrected chi connectivity index (χ1v) is 7.51. The molecule has 1 aromatic carbocycles. The highest BCUT2D eigenvalue weighted by Crippen LogP contribution is 2.20. The average molecular weight is 280 g/mol. The predicted molar refractivity (Wildman–Crippen MR) is 82.0 cm³/mol. The van der Waals surface area contributed by atoms with E-state index in [1.807, 2.05) is 11.3 Å². The minimum atomic E-state index is 0.588. The number of aryl methyl sites for hydroxylation is 1. The van der Waals surface area contributed by atoms with E-state index in [1.54, 1.807) is 0 Å². The first kappa shape index (κ1) is 13.4. The smallest absolute Gasteiger partial charge is 0.0476 e. The second-order valence-electron chi connectivity index (χ2n) is 4.50. The van der Waals surface area contributed by atoms with E-state index < -0.39 is 0 Å². The fraction of sp³-hybridized carbons (Fsp3) is 0.333. The molecule has 0 fully saturated rings. The van der Waals surface area contributed by atoms with Crippen molar-refractivity contribution in [1.29, 1.82) is 0 Å². The number of alkyl halides is 1. The molecule has 18 heavy (non-hydrogen) atoms. The lowest BCUT2D eigenvalue weighted by Gasteiger charge is -2.20. The Morgan fingerprint density at radius 1 is 1.28 bits per heavy atom. The molecule has 96 valence electrons. The molecule has 1 heterocycles. The first-order valence-electron chi connectivity index (χ1n) is 6.09. The zero-order valence-electron chi connectivity index (χ0n) is 10.8. The number of halogens is 1. The van der Waals surface area contributed by atoms with Gasteiger partial charge < -0.3 is 4.90 Å². The molecule has 1 nitrogen and oxygen atoms in total. The van der Waals surface area contributed by atoms with Gasteiger partial charge >= 0.3 is 0 Å². The van der Waals surface area contributed by atoms with Crippen molar-refractivity contribution in [2.75, 3.05) is 18.5 Å². The maximum absolute atomic E-state index is 5.88. The van der Waals surface area contributed by atoms with Gasteiger partial charge in [0.2, 0.25) is 0 Å². The van der Waals surface area contributed by atoms with Crippen LogP contribution in [0.4, 0.5) is 5.69 Å². The average Bonchev–Trinajstić information content (AvgIpc) is 2.89. The molecule has 0 unspecified atom stereocenters. The second-order valence-corrected chi connectivity index (χ2v) is 5.79. The Kier molecular flexibility index (Phi) is 4.67. The van der Waals surface area contributed by atoms with Crippen LogP contribution in [-0.4, -0.2) is 13.6 Å². The van der Waals surface area contributed by atoms with E-state index in [4.69, 9.17) is 11.6 Å². The lowest BCUT2D eigenvalue weighted by atomic mass is 10.1. The molecule has 0 amide bonds. The van der Waals surface area contributed by atoms with Gasteiger partial charge in [-0.2, -0.15) is 0 Å². The Labute approximate surface area is 118 Å². The minimum absolute atomic E-state index is 0.588. The number of nitrogens with zero attached hydrogens (tertiary/aromatic N) is 1. The first-order chi connectivity index (χ1) is 8.70. The highest BCUT2D eigenvalue weighted by Gasteiger charge is 2.04. The molecule has 2 aromatic rings. The van der Waals surface area contributed by atoms with Crippen molar-refractivity contribution in [3.8, 4) is 0 Å². The summed E-state index contributed by atoms with van der Waals surface area (Å²) in [5.41, 5.74) is 3.75. The van der Waals surface area contributed by atoms with E-state index in [9.17, 15) is 0 Å². The van der Waals surface area contributed by atoms with Gasteiger partial charge in [-0.25, -0.2) is 0 Å². The third-order valence-electron chi connectivity index (χ3n) is 3.18. The van der Waals surface area contributed by atoms with Crippen molar-refractivity contribution < 1.29 is 0 Å². The zero-order chi connectivity index (χ0) is 13.0. The number of anilines is 1. The van der Waals surface area contributed by atoms with Crippen LogP contribution in [0.5, 0.6) is 0 Å². The van der Waals surface area contributed by atoms with Crippen LogP contribution in [0.25, 0.3) is 0 Å². The Bertz CT molecular complexity index is 493. The lowest BCUT2D eigenvalue weighted by molar-refractivity contribution is 0.886. The van der Waals surface area contributed by atoms with Crippen LogP contribution in [0, 0.1) is 6.92 Å². The number of benzene rings is 1. The second kappa shape index (κ2) is 6.26. The van der Waals surface area contributed by atoms with Gasteiger partial charge in [0.15, 0.2) is 0 Å². The summed E-state index contributed by atoms with van der Waals surface area (Å²) in [7, 11) is 2.14. The van der Waals surface area contributed by atoms with Gasteiger partial charge in [0.05, 0.1) is 0 Å². The summed E-state index contributed by atoms with van der Waals surface area (Å²) in [4.78, 5) is 3.74. The molecule has 0 saturated heterocycles. The van der Waals surface area contributed by atoms with Crippen LogP contribution in [0.3, 0.4) is 0 Å². The molecule has 0 bridgehead atoms. The predicted octanol–water partition coefficient (Wildman–Crippen LogP) is 4.47. The topological polar surface area (TPSA) is 3.24 Å². The largest absolute Gasteiger partial charge is 0.374 e. The van der Waals surface area contributed by atoms with Gasteiger partial charge in [-0.1, -0.05) is 12.1 Å². The summed E-state index contributed by atoms with van der Waals surface area (Å²) in [6.07, 6.45) is 1.10. The minimum Gasteiger partial charge on any atom is -0.374 e. The van der Waals surface area contributed by atoms with Gasteiger partial charge in [0, 0.05) is 30.0 Å². The lowest BCUT2D eigenvalue weighted by Crippen LogP contribution is -2.20. The van der Waals surface area contributed by atoms with E-state index in [-0.39, 0.29) is 0 Å². The van der Waals surface area contributed by atoms with Crippen LogP contribution in [0.15, 0.2) is 35.7 Å². The third-order valence-corrected chi connectivity index (χ3v) is 4.41. The van der Waals surface area contributed by atoms with E-state index in [0.717, 1.165) is 13.0 Å². The Morgan fingerprint density at radius 2 is 2.11 bits per heavy atom. The number of hydrogen-bond acceptors (Lipinski definition) is 2. The van der Waals surface area contributed by atoms with Crippen molar-refractivity contribution in [2.45, 2.75) is 19.2 Å². The number of hydrogen-bond donors (Lipinski definition) is 0. The summed E-state index contributed by atoms with van der Waals surface area (Å²) >= 11 is 7.71. The number of rotatable bonds is 5. The Morgan fingerprint density at radius 3 is 2.72 bits per heavy atom. The summed E-state index contributed by atoms with van der Waals surface area (Å²) in [6, 6.07) is 10.8. The molecule has 1 aromatic heterocycles. The van der Waals surface area contributed by atoms with Gasteiger partial charge in [-0.05, 0) is 48.1 Å². The fourth-order valence-corrected chi connectivity index (χ4v) is 2.93. The molecule has 0 aliphatic heterocycles. The molecule has 0 aliphatic rings. The molecule has 0 saturated carbocycles. The molecule has 0 spiro atoms. The van der Waals surface area contributed by atoms with E-state index in [0.29, 0.717) is 5.88 Å². The number of thiophene rings is 1. The highest BCUT2D eigenvalue weighted by atomic mass is 35.5. The zero-order valence-corrected chi connectivity index (χ0v) is 12.4. The van der Waals surface area contributed by atoms with E-state index in [1.165, 1.54) is 21.7 Å². The van der Waals surface area contributed by atoms with E-state index >= 15 is 0 Å². The van der Waals surface area contributed by atoms with Gasteiger partial charge in [-0.3, -0.25) is 0 Å². The van der Waals surface area contributed by atoms with E-state index in [2.05, 4.69) is 54.6 Å². The summed E-state index contributed by atoms with van der Waals surface area (Å²) in [5, 5.41) is 2.13. The normalized spacial score (nSPS) is 10.6. The maximum Gasteiger partial charge on any atom is 0.0476 e. The SMILES string of the molecule is Cc1cc(N(C)CCc2cccs2)ccc1CCl. The summed E-state index contributed by atoms with van der Waals surface area (Å²) in [5.74, 6) is 0.588. The highest BCUT2D eigenvalue weighted by molar-refractivity contribution is 7.09. The van der Waals surface area contributed by atoms with Gasteiger partial charge in [-0.15, -0.1) is 22.9 Å². The molecular formula is C15H18ClNS. The third kappa shape index (κ3) is 3.27. The molecule has 0 atom stereocenters. The standard InChI is InChI=1S/C15H18ClNS/c1-12-10-14(6-5-13(12)11-16)17(2)8-7-15-4-3-9-18-15/h3-6,9-10H,7-8,11H2,1-2H3. The molecule has 0 N–H and O–H groups in total. The van der Waals surface area contributed by atoms with Crippen LogP contribution < -0.4 is 4.90 Å². The number of likely N-dealkylation sites (N-methyl/N-ethyl adjacent to an activating group) is 1. The van der Waals surface area contributed by atoms with Crippen molar-refractivity contribution in [3.63, 3.8) is 0 Å². The Balaban J connectivity index is 2.00. The molecule has 0 aliphatic carbocycles. The van der Waals surface area contributed by atoms with Gasteiger partial charge in [0.1, 0.15) is 0 Å². The van der Waals surface area contributed by atoms with Crippen LogP contribution in [0.1, 0.15) is 16.0 Å². The molecule has 2 rings (SSSR count). The fourth-order valence-electron chi connectivity index (χ4n) is 1.93. The van der Waals surface area contributed by atoms with Gasteiger partial charge in [0.25, 0.3) is 0 Å². The molecular weight excluding hydrogens is 262 g/mol. The van der Waals surface area contributed by atoms with Crippen molar-refractivity contribution in [3.05, 3.63) is 51.7 Å². The molecule has 3 heteroatoms. The van der Waals surface area contributed by atoms with Crippen LogP contribution >= 0.6 is 22.9 Å². The van der Waals surface area contributed by atoms with Crippen LogP contribution in [0.2, 0.25) is 0 Å². The Hall–Kier alpha value is -0.990. The maximum atomic E-state index is 5.88. The quantitative estimate of drug-likeness (QED) is 0.730. The summed E-state index contributed by atoms with van der Waals surface area (Å²) < 4.78 is 0.